The molecule has 0 saturated carbocycles. The summed E-state index contributed by atoms with van der Waals surface area (Å²) < 4.78 is 0. The van der Waals surface area contributed by atoms with Crippen molar-refractivity contribution in [3.63, 3.8) is 0 Å². The molecule has 78 valence electrons. The summed E-state index contributed by atoms with van der Waals surface area (Å²) in [5.74, 6) is -0.291. The summed E-state index contributed by atoms with van der Waals surface area (Å²) in [6, 6.07) is 5.24. The van der Waals surface area contributed by atoms with E-state index >= 15 is 0 Å². The normalized spacial score (nSPS) is 20.6. The summed E-state index contributed by atoms with van der Waals surface area (Å²) in [4.78, 5) is 23.9. The fourth-order valence-electron chi connectivity index (χ4n) is 1.62. The van der Waals surface area contributed by atoms with Gasteiger partial charge in [0.1, 0.15) is 11.8 Å². The molecule has 1 aromatic rings. The Labute approximate surface area is 86.3 Å². The summed E-state index contributed by atoms with van der Waals surface area (Å²) in [5, 5.41) is 11.5. The summed E-state index contributed by atoms with van der Waals surface area (Å²) in [5.41, 5.74) is 0.598. The molecule has 5 nitrogen and oxygen atoms in total. The van der Waals surface area contributed by atoms with Gasteiger partial charge in [0.2, 0.25) is 0 Å². The predicted molar refractivity (Wildman–Crippen MR) is 52.1 cm³/mol. The molecule has 5 heteroatoms. The Morgan fingerprint density at radius 2 is 2.13 bits per heavy atom. The van der Waals surface area contributed by atoms with Gasteiger partial charge in [-0.05, 0) is 17.7 Å². The van der Waals surface area contributed by atoms with Crippen molar-refractivity contribution >= 4 is 11.9 Å². The van der Waals surface area contributed by atoms with Crippen LogP contribution in [0.4, 0.5) is 4.79 Å². The van der Waals surface area contributed by atoms with Crippen LogP contribution in [0.15, 0.2) is 24.3 Å². The molecule has 1 heterocycles. The number of hydrogen-bond acceptors (Lipinski definition) is 3. The number of urea groups is 1. The number of aromatic hydroxyl groups is 1. The molecule has 0 bridgehead atoms. The number of likely N-dealkylation sites (N-methyl/N-ethyl adjacent to an activating group) is 1. The van der Waals surface area contributed by atoms with Crippen LogP contribution in [0.1, 0.15) is 11.6 Å². The van der Waals surface area contributed by atoms with Gasteiger partial charge in [-0.1, -0.05) is 12.1 Å². The Bertz CT molecular complexity index is 430. The quantitative estimate of drug-likeness (QED) is 0.661. The van der Waals surface area contributed by atoms with E-state index in [-0.39, 0.29) is 11.7 Å². The Morgan fingerprint density at radius 1 is 1.40 bits per heavy atom. The summed E-state index contributed by atoms with van der Waals surface area (Å²) in [6.45, 7) is 0. The Morgan fingerprint density at radius 3 is 2.67 bits per heavy atom. The van der Waals surface area contributed by atoms with E-state index in [1.54, 1.807) is 12.1 Å². The average Bonchev–Trinajstić information content (AvgIpc) is 2.41. The van der Waals surface area contributed by atoms with Crippen LogP contribution in [0, 0.1) is 0 Å². The van der Waals surface area contributed by atoms with Crippen LogP contribution in [0.3, 0.4) is 0 Å². The zero-order valence-electron chi connectivity index (χ0n) is 8.10. The van der Waals surface area contributed by atoms with E-state index < -0.39 is 12.1 Å². The predicted octanol–water partition coefficient (Wildman–Crippen LogP) is 0.615. The summed E-state index contributed by atoms with van der Waals surface area (Å²) in [7, 11) is 1.54. The molecule has 1 aromatic carbocycles. The van der Waals surface area contributed by atoms with Crippen LogP contribution in [-0.2, 0) is 4.79 Å². The van der Waals surface area contributed by atoms with E-state index in [9.17, 15) is 14.7 Å². The first-order valence-corrected chi connectivity index (χ1v) is 4.46. The van der Waals surface area contributed by atoms with Gasteiger partial charge < -0.3 is 10.0 Å². The molecule has 0 radical (unpaired) electrons. The molecule has 1 atom stereocenters. The highest BCUT2D eigenvalue weighted by molar-refractivity contribution is 6.04. The lowest BCUT2D eigenvalue weighted by molar-refractivity contribution is -0.121. The Hall–Kier alpha value is -2.04. The number of carbonyl (C=O) groups is 2. The second-order valence-electron chi connectivity index (χ2n) is 3.40. The molecular formula is C10H10N2O3. The van der Waals surface area contributed by atoms with Crippen LogP contribution >= 0.6 is 0 Å². The van der Waals surface area contributed by atoms with Gasteiger partial charge in [0.25, 0.3) is 5.91 Å². The molecule has 1 fully saturated rings. The van der Waals surface area contributed by atoms with Crippen molar-refractivity contribution in [3.05, 3.63) is 29.8 Å². The molecule has 0 aromatic heterocycles. The molecule has 0 spiro atoms. The number of phenolic OH excluding ortho intramolecular Hbond substituents is 1. The first-order chi connectivity index (χ1) is 7.09. The lowest BCUT2D eigenvalue weighted by Gasteiger charge is -2.16. The standard InChI is InChI=1S/C10H10N2O3/c1-12-8(9(14)11-10(12)15)6-3-2-4-7(13)5-6/h2-5,8,13H,1H3,(H,11,14,15). The van der Waals surface area contributed by atoms with Gasteiger partial charge in [-0.2, -0.15) is 0 Å². The number of rotatable bonds is 1. The van der Waals surface area contributed by atoms with Crippen molar-refractivity contribution in [1.29, 1.82) is 0 Å². The molecule has 3 amide bonds. The van der Waals surface area contributed by atoms with Crippen molar-refractivity contribution in [2.75, 3.05) is 7.05 Å². The molecular weight excluding hydrogens is 196 g/mol. The Kier molecular flexibility index (Phi) is 2.07. The monoisotopic (exact) mass is 206 g/mol. The van der Waals surface area contributed by atoms with E-state index in [0.29, 0.717) is 5.56 Å². The average molecular weight is 206 g/mol. The zero-order chi connectivity index (χ0) is 11.0. The lowest BCUT2D eigenvalue weighted by Crippen LogP contribution is -2.25. The second-order valence-corrected chi connectivity index (χ2v) is 3.40. The first kappa shape index (κ1) is 9.51. The molecule has 2 rings (SSSR count). The van der Waals surface area contributed by atoms with Gasteiger partial charge in [0.05, 0.1) is 0 Å². The third-order valence-electron chi connectivity index (χ3n) is 2.37. The van der Waals surface area contributed by atoms with E-state index in [1.807, 2.05) is 0 Å². The maximum Gasteiger partial charge on any atom is 0.324 e. The fraction of sp³-hybridized carbons (Fsp3) is 0.200. The van der Waals surface area contributed by atoms with Crippen molar-refractivity contribution < 1.29 is 14.7 Å². The van der Waals surface area contributed by atoms with Gasteiger partial charge in [0.15, 0.2) is 0 Å². The number of benzene rings is 1. The van der Waals surface area contributed by atoms with Gasteiger partial charge in [0, 0.05) is 7.05 Å². The number of carbonyl (C=O) groups excluding carboxylic acids is 2. The zero-order valence-corrected chi connectivity index (χ0v) is 8.10. The molecule has 1 aliphatic rings. The minimum atomic E-state index is -0.649. The first-order valence-electron chi connectivity index (χ1n) is 4.46. The van der Waals surface area contributed by atoms with Gasteiger partial charge in [-0.15, -0.1) is 0 Å². The number of phenols is 1. The van der Waals surface area contributed by atoms with E-state index in [0.717, 1.165) is 0 Å². The van der Waals surface area contributed by atoms with Crippen molar-refractivity contribution in [3.8, 4) is 5.75 Å². The highest BCUT2D eigenvalue weighted by Crippen LogP contribution is 2.26. The third kappa shape index (κ3) is 1.52. The molecule has 0 aliphatic carbocycles. The highest BCUT2D eigenvalue weighted by Gasteiger charge is 2.36. The van der Waals surface area contributed by atoms with Crippen molar-refractivity contribution in [2.24, 2.45) is 0 Å². The van der Waals surface area contributed by atoms with E-state index in [2.05, 4.69) is 5.32 Å². The van der Waals surface area contributed by atoms with E-state index in [1.165, 1.54) is 24.1 Å². The number of nitrogens with zero attached hydrogens (tertiary/aromatic N) is 1. The number of amides is 3. The summed E-state index contributed by atoms with van der Waals surface area (Å²) in [6.07, 6.45) is 0. The van der Waals surface area contributed by atoms with Crippen LogP contribution in [0.25, 0.3) is 0 Å². The number of imide groups is 1. The van der Waals surface area contributed by atoms with Crippen LogP contribution in [0.5, 0.6) is 5.75 Å². The summed E-state index contributed by atoms with van der Waals surface area (Å²) >= 11 is 0. The topological polar surface area (TPSA) is 69.6 Å². The smallest absolute Gasteiger partial charge is 0.324 e. The lowest BCUT2D eigenvalue weighted by atomic mass is 10.1. The minimum Gasteiger partial charge on any atom is -0.508 e. The highest BCUT2D eigenvalue weighted by atomic mass is 16.3. The van der Waals surface area contributed by atoms with Gasteiger partial charge >= 0.3 is 6.03 Å². The van der Waals surface area contributed by atoms with E-state index in [4.69, 9.17) is 0 Å². The Balaban J connectivity index is 2.39. The van der Waals surface area contributed by atoms with Gasteiger partial charge in [-0.3, -0.25) is 10.1 Å². The van der Waals surface area contributed by atoms with Gasteiger partial charge in [-0.25, -0.2) is 4.79 Å². The number of hydrogen-bond donors (Lipinski definition) is 2. The fourth-order valence-corrected chi connectivity index (χ4v) is 1.62. The second kappa shape index (κ2) is 3.27. The van der Waals surface area contributed by atoms with Crippen LogP contribution in [0.2, 0.25) is 0 Å². The molecule has 1 unspecified atom stereocenters. The molecule has 15 heavy (non-hydrogen) atoms. The van der Waals surface area contributed by atoms with Crippen molar-refractivity contribution in [1.82, 2.24) is 10.2 Å². The number of nitrogens with one attached hydrogen (secondary N) is 1. The van der Waals surface area contributed by atoms with Crippen LogP contribution < -0.4 is 5.32 Å². The maximum absolute atomic E-state index is 11.5. The van der Waals surface area contributed by atoms with Crippen molar-refractivity contribution in [2.45, 2.75) is 6.04 Å². The molecule has 1 aliphatic heterocycles. The maximum atomic E-state index is 11.5. The third-order valence-corrected chi connectivity index (χ3v) is 2.37. The SMILES string of the molecule is CN1C(=O)NC(=O)C1c1cccc(O)c1. The minimum absolute atomic E-state index is 0.0769. The molecule has 2 N–H and O–H groups in total. The van der Waals surface area contributed by atoms with Crippen LogP contribution in [-0.4, -0.2) is 29.0 Å². The molecule has 1 saturated heterocycles. The largest absolute Gasteiger partial charge is 0.508 e.